The molecule has 1 rings (SSSR count). The highest BCUT2D eigenvalue weighted by atomic mass is 16.1. The van der Waals surface area contributed by atoms with Crippen molar-refractivity contribution >= 4 is 5.91 Å². The maximum atomic E-state index is 10.5. The van der Waals surface area contributed by atoms with Gasteiger partial charge in [-0.15, -0.1) is 0 Å². The van der Waals surface area contributed by atoms with Gasteiger partial charge < -0.3 is 5.73 Å². The Hall–Kier alpha value is -1.45. The van der Waals surface area contributed by atoms with E-state index in [1.54, 1.807) is 6.92 Å². The molecular formula is C6H6N3O. The third-order valence-corrected chi connectivity index (χ3v) is 0.954. The molecule has 0 unspecified atom stereocenters. The lowest BCUT2D eigenvalue weighted by molar-refractivity contribution is 0.0995. The lowest BCUT2D eigenvalue weighted by atomic mass is 10.4. The second-order valence-electron chi connectivity index (χ2n) is 1.82. The average molecular weight is 136 g/mol. The summed E-state index contributed by atoms with van der Waals surface area (Å²) < 4.78 is 0. The Kier molecular flexibility index (Phi) is 1.62. The Morgan fingerprint density at radius 2 is 2.50 bits per heavy atom. The standard InChI is InChI=1S/C6H6N3O/c1-4-2-8-3-5(9-4)6(7)10/h3H,1H3,(H2,7,10). The van der Waals surface area contributed by atoms with E-state index in [9.17, 15) is 4.79 Å². The number of nitrogens with zero attached hydrogens (tertiary/aromatic N) is 2. The Labute approximate surface area is 58.1 Å². The van der Waals surface area contributed by atoms with E-state index < -0.39 is 5.91 Å². The van der Waals surface area contributed by atoms with E-state index in [0.29, 0.717) is 5.69 Å². The number of hydrogen-bond acceptors (Lipinski definition) is 3. The first-order valence-corrected chi connectivity index (χ1v) is 2.71. The van der Waals surface area contributed by atoms with Gasteiger partial charge in [0.25, 0.3) is 5.91 Å². The molecule has 0 aliphatic carbocycles. The van der Waals surface area contributed by atoms with Gasteiger partial charge in [0.2, 0.25) is 0 Å². The molecule has 4 heteroatoms. The molecule has 51 valence electrons. The van der Waals surface area contributed by atoms with Gasteiger partial charge >= 0.3 is 0 Å². The molecule has 0 saturated carbocycles. The van der Waals surface area contributed by atoms with Crippen molar-refractivity contribution in [2.75, 3.05) is 0 Å². The van der Waals surface area contributed by atoms with Gasteiger partial charge in [-0.1, -0.05) is 0 Å². The van der Waals surface area contributed by atoms with Crippen molar-refractivity contribution in [1.29, 1.82) is 0 Å². The van der Waals surface area contributed by atoms with Crippen LogP contribution in [0.15, 0.2) is 6.20 Å². The van der Waals surface area contributed by atoms with Gasteiger partial charge in [-0.3, -0.25) is 9.78 Å². The van der Waals surface area contributed by atoms with Crippen LogP contribution in [-0.4, -0.2) is 15.9 Å². The molecule has 0 aliphatic rings. The maximum absolute atomic E-state index is 10.5. The average Bonchev–Trinajstić information content (AvgIpc) is 1.88. The largest absolute Gasteiger partial charge is 0.364 e. The summed E-state index contributed by atoms with van der Waals surface area (Å²) in [6, 6.07) is 0. The molecule has 0 saturated heterocycles. The van der Waals surface area contributed by atoms with Gasteiger partial charge in [0.1, 0.15) is 11.9 Å². The Bertz CT molecular complexity index is 259. The minimum atomic E-state index is -0.565. The van der Waals surface area contributed by atoms with Crippen molar-refractivity contribution in [3.05, 3.63) is 23.8 Å². The van der Waals surface area contributed by atoms with Crippen LogP contribution in [-0.2, 0) is 0 Å². The van der Waals surface area contributed by atoms with Crippen molar-refractivity contribution in [3.63, 3.8) is 0 Å². The molecule has 1 heterocycles. The number of nitrogens with two attached hydrogens (primary N) is 1. The molecule has 1 radical (unpaired) electrons. The quantitative estimate of drug-likeness (QED) is 0.575. The van der Waals surface area contributed by atoms with Gasteiger partial charge in [0, 0.05) is 0 Å². The van der Waals surface area contributed by atoms with E-state index in [0.717, 1.165) is 0 Å². The topological polar surface area (TPSA) is 68.9 Å². The molecule has 0 bridgehead atoms. The van der Waals surface area contributed by atoms with Crippen molar-refractivity contribution in [3.8, 4) is 0 Å². The summed E-state index contributed by atoms with van der Waals surface area (Å²) in [5.74, 6) is -0.565. The van der Waals surface area contributed by atoms with Crippen LogP contribution < -0.4 is 5.73 Å². The minimum Gasteiger partial charge on any atom is -0.364 e. The lowest BCUT2D eigenvalue weighted by Gasteiger charge is -1.92. The summed E-state index contributed by atoms with van der Waals surface area (Å²) in [4.78, 5) is 17.9. The van der Waals surface area contributed by atoms with Crippen molar-refractivity contribution in [1.82, 2.24) is 9.97 Å². The molecule has 0 aromatic carbocycles. The highest BCUT2D eigenvalue weighted by Crippen LogP contribution is 1.91. The first kappa shape index (κ1) is 6.67. The van der Waals surface area contributed by atoms with E-state index in [2.05, 4.69) is 16.2 Å². The summed E-state index contributed by atoms with van der Waals surface area (Å²) in [6.07, 6.45) is 3.84. The van der Waals surface area contributed by atoms with Gasteiger partial charge in [-0.2, -0.15) is 0 Å². The molecule has 0 spiro atoms. The van der Waals surface area contributed by atoms with Crippen LogP contribution in [0.2, 0.25) is 0 Å². The van der Waals surface area contributed by atoms with Crippen LogP contribution >= 0.6 is 0 Å². The first-order valence-electron chi connectivity index (χ1n) is 2.71. The van der Waals surface area contributed by atoms with E-state index in [1.807, 2.05) is 0 Å². The zero-order chi connectivity index (χ0) is 7.56. The second kappa shape index (κ2) is 2.43. The van der Waals surface area contributed by atoms with Gasteiger partial charge in [0.05, 0.1) is 11.9 Å². The number of rotatable bonds is 1. The highest BCUT2D eigenvalue weighted by molar-refractivity contribution is 5.90. The van der Waals surface area contributed by atoms with E-state index >= 15 is 0 Å². The van der Waals surface area contributed by atoms with Crippen LogP contribution in [0.25, 0.3) is 0 Å². The van der Waals surface area contributed by atoms with Gasteiger partial charge in [0.15, 0.2) is 0 Å². The smallest absolute Gasteiger partial charge is 0.268 e. The van der Waals surface area contributed by atoms with E-state index in [4.69, 9.17) is 5.73 Å². The fourth-order valence-corrected chi connectivity index (χ4v) is 0.540. The van der Waals surface area contributed by atoms with E-state index in [-0.39, 0.29) is 5.69 Å². The monoisotopic (exact) mass is 136 g/mol. The number of primary amides is 1. The van der Waals surface area contributed by atoms with Crippen LogP contribution in [0.5, 0.6) is 0 Å². The third kappa shape index (κ3) is 1.28. The summed E-state index contributed by atoms with van der Waals surface area (Å²) in [5, 5.41) is 0. The van der Waals surface area contributed by atoms with Crippen molar-refractivity contribution in [2.45, 2.75) is 6.92 Å². The van der Waals surface area contributed by atoms with Gasteiger partial charge in [-0.05, 0) is 6.92 Å². The number of amides is 1. The molecule has 0 fully saturated rings. The fraction of sp³-hybridized carbons (Fsp3) is 0.167. The number of carbonyl (C=O) groups excluding carboxylic acids is 1. The number of aryl methyl sites for hydroxylation is 1. The maximum Gasteiger partial charge on any atom is 0.268 e. The van der Waals surface area contributed by atoms with Crippen LogP contribution in [0, 0.1) is 13.1 Å². The lowest BCUT2D eigenvalue weighted by Crippen LogP contribution is -2.13. The number of hydrogen-bond donors (Lipinski definition) is 1. The SMILES string of the molecule is Cc1[c]ncc(C(N)=O)n1. The fourth-order valence-electron chi connectivity index (χ4n) is 0.540. The predicted molar refractivity (Wildman–Crippen MR) is 34.1 cm³/mol. The van der Waals surface area contributed by atoms with Crippen molar-refractivity contribution < 1.29 is 4.79 Å². The Morgan fingerprint density at radius 1 is 1.80 bits per heavy atom. The molecule has 1 amide bonds. The second-order valence-corrected chi connectivity index (χ2v) is 1.82. The zero-order valence-electron chi connectivity index (χ0n) is 5.46. The Morgan fingerprint density at radius 3 is 2.90 bits per heavy atom. The normalized spacial score (nSPS) is 9.30. The van der Waals surface area contributed by atoms with Crippen LogP contribution in [0.1, 0.15) is 16.2 Å². The van der Waals surface area contributed by atoms with Crippen molar-refractivity contribution in [2.24, 2.45) is 5.73 Å². The first-order chi connectivity index (χ1) is 4.70. The van der Waals surface area contributed by atoms with E-state index in [1.165, 1.54) is 6.20 Å². The molecule has 0 aliphatic heterocycles. The molecular weight excluding hydrogens is 130 g/mol. The summed E-state index contributed by atoms with van der Waals surface area (Å²) >= 11 is 0. The third-order valence-electron chi connectivity index (χ3n) is 0.954. The molecule has 1 aromatic heterocycles. The minimum absolute atomic E-state index is 0.177. The molecule has 0 atom stereocenters. The molecule has 10 heavy (non-hydrogen) atoms. The molecule has 2 N–H and O–H groups in total. The molecule has 1 aromatic rings. The zero-order valence-corrected chi connectivity index (χ0v) is 5.46. The van der Waals surface area contributed by atoms with Crippen LogP contribution in [0.3, 0.4) is 0 Å². The van der Waals surface area contributed by atoms with Gasteiger partial charge in [-0.25, -0.2) is 4.98 Å². The number of carbonyl (C=O) groups is 1. The highest BCUT2D eigenvalue weighted by Gasteiger charge is 2.00. The number of aromatic nitrogens is 2. The summed E-state index contributed by atoms with van der Waals surface area (Å²) in [6.45, 7) is 1.69. The predicted octanol–water partition coefficient (Wildman–Crippen LogP) is -0.316. The van der Waals surface area contributed by atoms with Crippen LogP contribution in [0.4, 0.5) is 0 Å². The Balaban J connectivity index is 3.07. The molecule has 4 nitrogen and oxygen atoms in total. The summed E-state index contributed by atoms with van der Waals surface area (Å²) in [5.41, 5.74) is 5.67. The summed E-state index contributed by atoms with van der Waals surface area (Å²) in [7, 11) is 0.